The molecule has 0 radical (unpaired) electrons. The van der Waals surface area contributed by atoms with E-state index in [1.807, 2.05) is 7.05 Å². The third-order valence-electron chi connectivity index (χ3n) is 6.18. The van der Waals surface area contributed by atoms with Crippen molar-refractivity contribution in [2.45, 2.75) is 46.6 Å². The van der Waals surface area contributed by atoms with Gasteiger partial charge in [-0.25, -0.2) is 0 Å². The van der Waals surface area contributed by atoms with Crippen molar-refractivity contribution in [3.63, 3.8) is 0 Å². The van der Waals surface area contributed by atoms with Crippen LogP contribution >= 0.6 is 0 Å². The van der Waals surface area contributed by atoms with E-state index < -0.39 is 0 Å². The fraction of sp³-hybridized carbons (Fsp3) is 0.720. The van der Waals surface area contributed by atoms with Gasteiger partial charge in [-0.05, 0) is 56.2 Å². The number of hydrogen-bond acceptors (Lipinski definition) is 4. The predicted molar refractivity (Wildman–Crippen MR) is 128 cm³/mol. The lowest BCUT2D eigenvalue weighted by Gasteiger charge is -2.34. The molecule has 1 aromatic rings. The molecule has 31 heavy (non-hydrogen) atoms. The van der Waals surface area contributed by atoms with Crippen LogP contribution in [-0.4, -0.2) is 63.9 Å². The van der Waals surface area contributed by atoms with Crippen LogP contribution in [0.15, 0.2) is 23.2 Å². The fourth-order valence-electron chi connectivity index (χ4n) is 4.51. The molecule has 0 aromatic heterocycles. The Kier molecular flexibility index (Phi) is 9.47. The predicted octanol–water partition coefficient (Wildman–Crippen LogP) is 3.44. The average molecular weight is 431 g/mol. The lowest BCUT2D eigenvalue weighted by molar-refractivity contribution is 0.159. The normalized spacial score (nSPS) is 22.7. The first kappa shape index (κ1) is 23.9. The standard InChI is InChI=1S/C25H42N4O2/c1-19(2)15-29-10-5-6-21(16-29)13-27-25(26-4)28-14-23-8-7-20(3)12-24(23)31-18-22-9-11-30-17-22/h7-8,12,19,21-22H,5-6,9-11,13-18H2,1-4H3,(H2,26,27,28). The van der Waals surface area contributed by atoms with E-state index in [9.17, 15) is 0 Å². The summed E-state index contributed by atoms with van der Waals surface area (Å²) < 4.78 is 11.7. The van der Waals surface area contributed by atoms with Gasteiger partial charge in [-0.3, -0.25) is 4.99 Å². The van der Waals surface area contributed by atoms with Crippen molar-refractivity contribution in [3.05, 3.63) is 29.3 Å². The molecule has 3 rings (SSSR count). The number of ether oxygens (including phenoxy) is 2. The van der Waals surface area contributed by atoms with Gasteiger partial charge in [0.1, 0.15) is 5.75 Å². The monoisotopic (exact) mass is 430 g/mol. The van der Waals surface area contributed by atoms with Crippen LogP contribution in [0.4, 0.5) is 0 Å². The summed E-state index contributed by atoms with van der Waals surface area (Å²) in [5.41, 5.74) is 2.38. The van der Waals surface area contributed by atoms with Crippen molar-refractivity contribution >= 4 is 5.96 Å². The van der Waals surface area contributed by atoms with E-state index in [-0.39, 0.29) is 0 Å². The van der Waals surface area contributed by atoms with Crippen molar-refractivity contribution in [3.8, 4) is 5.75 Å². The molecule has 6 nitrogen and oxygen atoms in total. The molecule has 2 aliphatic rings. The van der Waals surface area contributed by atoms with Crippen LogP contribution in [0.1, 0.15) is 44.2 Å². The number of aliphatic imine (C=N–C) groups is 1. The van der Waals surface area contributed by atoms with Crippen LogP contribution in [0.2, 0.25) is 0 Å². The number of piperidine rings is 1. The zero-order valence-electron chi connectivity index (χ0n) is 20.0. The molecule has 0 aliphatic carbocycles. The van der Waals surface area contributed by atoms with Crippen molar-refractivity contribution in [2.24, 2.45) is 22.7 Å². The minimum Gasteiger partial charge on any atom is -0.493 e. The molecule has 2 heterocycles. The SMILES string of the molecule is CN=C(NCc1ccc(C)cc1OCC1CCOC1)NCC1CCCN(CC(C)C)C1. The van der Waals surface area contributed by atoms with E-state index in [1.54, 1.807) is 0 Å². The second-order valence-corrected chi connectivity index (χ2v) is 9.62. The van der Waals surface area contributed by atoms with Crippen LogP contribution in [0, 0.1) is 24.7 Å². The number of nitrogens with one attached hydrogen (secondary N) is 2. The number of nitrogens with zero attached hydrogens (tertiary/aromatic N) is 2. The van der Waals surface area contributed by atoms with Crippen LogP contribution in [-0.2, 0) is 11.3 Å². The highest BCUT2D eigenvalue weighted by Crippen LogP contribution is 2.23. The number of benzene rings is 1. The lowest BCUT2D eigenvalue weighted by Crippen LogP contribution is -2.45. The zero-order chi connectivity index (χ0) is 22.1. The molecule has 2 aliphatic heterocycles. The van der Waals surface area contributed by atoms with Gasteiger partial charge in [0.05, 0.1) is 13.2 Å². The van der Waals surface area contributed by atoms with Gasteiger partial charge >= 0.3 is 0 Å². The molecule has 2 fully saturated rings. The minimum absolute atomic E-state index is 0.501. The maximum absolute atomic E-state index is 6.18. The molecule has 2 atom stereocenters. The van der Waals surface area contributed by atoms with Crippen LogP contribution in [0.3, 0.4) is 0 Å². The van der Waals surface area contributed by atoms with Crippen LogP contribution in [0.5, 0.6) is 5.75 Å². The molecule has 2 N–H and O–H groups in total. The molecule has 174 valence electrons. The smallest absolute Gasteiger partial charge is 0.191 e. The van der Waals surface area contributed by atoms with Gasteiger partial charge in [0.2, 0.25) is 0 Å². The second-order valence-electron chi connectivity index (χ2n) is 9.62. The molecule has 0 amide bonds. The van der Waals surface area contributed by atoms with Gasteiger partial charge in [-0.2, -0.15) is 0 Å². The Labute approximate surface area is 188 Å². The van der Waals surface area contributed by atoms with Gasteiger partial charge in [0.15, 0.2) is 5.96 Å². The third kappa shape index (κ3) is 8.00. The van der Waals surface area contributed by atoms with E-state index in [4.69, 9.17) is 9.47 Å². The highest BCUT2D eigenvalue weighted by molar-refractivity contribution is 5.79. The number of aryl methyl sites for hydroxylation is 1. The number of hydrogen-bond donors (Lipinski definition) is 2. The van der Waals surface area contributed by atoms with Gasteiger partial charge in [0, 0.05) is 51.3 Å². The van der Waals surface area contributed by atoms with Gasteiger partial charge in [-0.1, -0.05) is 26.0 Å². The number of guanidine groups is 1. The Hall–Kier alpha value is -1.79. The highest BCUT2D eigenvalue weighted by Gasteiger charge is 2.21. The largest absolute Gasteiger partial charge is 0.493 e. The Morgan fingerprint density at radius 1 is 1.26 bits per heavy atom. The topological polar surface area (TPSA) is 58.1 Å². The molecule has 2 saturated heterocycles. The molecule has 0 saturated carbocycles. The summed E-state index contributed by atoms with van der Waals surface area (Å²) in [4.78, 5) is 7.05. The average Bonchev–Trinajstić information content (AvgIpc) is 3.27. The summed E-state index contributed by atoms with van der Waals surface area (Å²) in [6.45, 7) is 14.4. The third-order valence-corrected chi connectivity index (χ3v) is 6.18. The molecule has 0 bridgehead atoms. The maximum Gasteiger partial charge on any atom is 0.191 e. The van der Waals surface area contributed by atoms with Crippen molar-refractivity contribution in [1.29, 1.82) is 0 Å². The van der Waals surface area contributed by atoms with Crippen molar-refractivity contribution < 1.29 is 9.47 Å². The Bertz CT molecular complexity index is 701. The molecule has 1 aromatic carbocycles. The van der Waals surface area contributed by atoms with Gasteiger partial charge < -0.3 is 25.0 Å². The molecule has 2 unspecified atom stereocenters. The summed E-state index contributed by atoms with van der Waals surface area (Å²) in [5.74, 6) is 3.73. The quantitative estimate of drug-likeness (QED) is 0.464. The molecule has 6 heteroatoms. The van der Waals surface area contributed by atoms with E-state index in [0.717, 1.165) is 56.0 Å². The Balaban J connectivity index is 1.47. The van der Waals surface area contributed by atoms with E-state index in [1.165, 1.54) is 38.0 Å². The van der Waals surface area contributed by atoms with Crippen molar-refractivity contribution in [2.75, 3.05) is 53.0 Å². The van der Waals surface area contributed by atoms with Crippen molar-refractivity contribution in [1.82, 2.24) is 15.5 Å². The molecular weight excluding hydrogens is 388 g/mol. The summed E-state index contributed by atoms with van der Waals surface area (Å²) >= 11 is 0. The highest BCUT2D eigenvalue weighted by atomic mass is 16.5. The summed E-state index contributed by atoms with van der Waals surface area (Å²) in [6, 6.07) is 6.43. The first-order valence-electron chi connectivity index (χ1n) is 12.0. The summed E-state index contributed by atoms with van der Waals surface area (Å²) in [5, 5.41) is 7.02. The van der Waals surface area contributed by atoms with Gasteiger partial charge in [0.25, 0.3) is 0 Å². The van der Waals surface area contributed by atoms with E-state index in [2.05, 4.69) is 59.5 Å². The summed E-state index contributed by atoms with van der Waals surface area (Å²) in [7, 11) is 1.84. The fourth-order valence-corrected chi connectivity index (χ4v) is 4.51. The van der Waals surface area contributed by atoms with Crippen LogP contribution in [0.25, 0.3) is 0 Å². The molecular formula is C25H42N4O2. The van der Waals surface area contributed by atoms with E-state index >= 15 is 0 Å². The second kappa shape index (κ2) is 12.3. The first-order valence-corrected chi connectivity index (χ1v) is 12.0. The van der Waals surface area contributed by atoms with Gasteiger partial charge in [-0.15, -0.1) is 0 Å². The zero-order valence-corrected chi connectivity index (χ0v) is 20.0. The number of likely N-dealkylation sites (tertiary alicyclic amines) is 1. The lowest BCUT2D eigenvalue weighted by atomic mass is 9.97. The molecule has 0 spiro atoms. The Morgan fingerprint density at radius 2 is 2.13 bits per heavy atom. The first-order chi connectivity index (χ1) is 15.0. The van der Waals surface area contributed by atoms with Crippen LogP contribution < -0.4 is 15.4 Å². The number of rotatable bonds is 9. The van der Waals surface area contributed by atoms with E-state index in [0.29, 0.717) is 18.4 Å². The maximum atomic E-state index is 6.18. The Morgan fingerprint density at radius 3 is 2.87 bits per heavy atom. The summed E-state index contributed by atoms with van der Waals surface area (Å²) in [6.07, 6.45) is 3.67. The minimum atomic E-state index is 0.501.